The van der Waals surface area contributed by atoms with Crippen LogP contribution in [0.2, 0.25) is 0 Å². The van der Waals surface area contributed by atoms with Gasteiger partial charge in [-0.2, -0.15) is 10.2 Å². The Kier molecular flexibility index (Phi) is 3.51. The van der Waals surface area contributed by atoms with Crippen LogP contribution in [-0.4, -0.2) is 10.0 Å². The third kappa shape index (κ3) is 3.12. The fraction of sp³-hybridized carbons (Fsp3) is 0. The van der Waals surface area contributed by atoms with E-state index < -0.39 is 4.92 Å². The van der Waals surface area contributed by atoms with E-state index in [1.54, 1.807) is 12.1 Å². The van der Waals surface area contributed by atoms with Gasteiger partial charge in [0.2, 0.25) is 0 Å². The Hall–Kier alpha value is -2.76. The molecule has 6 heteroatoms. The lowest BCUT2D eigenvalue weighted by Gasteiger charge is -1.98. The molecular formula is C13H10N3O3. The summed E-state index contributed by atoms with van der Waals surface area (Å²) >= 11 is 0. The predicted molar refractivity (Wildman–Crippen MR) is 69.8 cm³/mol. The monoisotopic (exact) mass is 256 g/mol. The molecule has 0 heterocycles. The van der Waals surface area contributed by atoms with Crippen molar-refractivity contribution >= 4 is 17.1 Å². The molecule has 0 aliphatic rings. The minimum absolute atomic E-state index is 0.00336. The van der Waals surface area contributed by atoms with Crippen molar-refractivity contribution in [2.24, 2.45) is 10.2 Å². The Morgan fingerprint density at radius 1 is 1.05 bits per heavy atom. The number of nitro groups is 1. The fourth-order valence-electron chi connectivity index (χ4n) is 1.39. The Balaban J connectivity index is 2.17. The molecule has 1 radical (unpaired) electrons. The van der Waals surface area contributed by atoms with Crippen LogP contribution in [0.1, 0.15) is 5.56 Å². The van der Waals surface area contributed by atoms with Crippen LogP contribution in [0.5, 0.6) is 5.75 Å². The number of hydrogen-bond acceptors (Lipinski definition) is 5. The SMILES string of the molecule is [CH2]c1cc(N=Nc2ccc([N+](=O)[O-])cc2)ccc1O. The fourth-order valence-corrected chi connectivity index (χ4v) is 1.39. The highest BCUT2D eigenvalue weighted by atomic mass is 16.6. The van der Waals surface area contributed by atoms with Crippen molar-refractivity contribution in [1.29, 1.82) is 0 Å². The van der Waals surface area contributed by atoms with Gasteiger partial charge in [0.05, 0.1) is 16.3 Å². The Bertz CT molecular complexity index is 636. The summed E-state index contributed by atoms with van der Waals surface area (Å²) in [5.74, 6) is 0.0919. The number of rotatable bonds is 3. The zero-order chi connectivity index (χ0) is 13.8. The molecule has 0 aliphatic heterocycles. The van der Waals surface area contributed by atoms with Crippen LogP contribution in [-0.2, 0) is 0 Å². The minimum Gasteiger partial charge on any atom is -0.508 e. The molecule has 0 atom stereocenters. The first-order chi connectivity index (χ1) is 9.06. The van der Waals surface area contributed by atoms with Gasteiger partial charge >= 0.3 is 0 Å². The predicted octanol–water partition coefficient (Wildman–Crippen LogP) is 3.90. The van der Waals surface area contributed by atoms with Gasteiger partial charge in [0.15, 0.2) is 0 Å². The lowest BCUT2D eigenvalue weighted by molar-refractivity contribution is -0.384. The number of phenols is 1. The third-order valence-electron chi connectivity index (χ3n) is 2.40. The molecule has 0 amide bonds. The summed E-state index contributed by atoms with van der Waals surface area (Å²) < 4.78 is 0. The summed E-state index contributed by atoms with van der Waals surface area (Å²) in [5, 5.41) is 27.7. The molecule has 0 saturated carbocycles. The second kappa shape index (κ2) is 5.26. The molecule has 19 heavy (non-hydrogen) atoms. The number of hydrogen-bond donors (Lipinski definition) is 1. The molecule has 0 unspecified atom stereocenters. The summed E-state index contributed by atoms with van der Waals surface area (Å²) in [6.07, 6.45) is 0. The number of azo groups is 1. The van der Waals surface area contributed by atoms with Gasteiger partial charge in [0.25, 0.3) is 5.69 Å². The molecule has 6 nitrogen and oxygen atoms in total. The maximum Gasteiger partial charge on any atom is 0.269 e. The molecule has 0 aliphatic carbocycles. The van der Waals surface area contributed by atoms with Gasteiger partial charge in [-0.3, -0.25) is 10.1 Å². The van der Waals surface area contributed by atoms with Gasteiger partial charge in [-0.25, -0.2) is 0 Å². The number of aromatic hydroxyl groups is 1. The average Bonchev–Trinajstić information content (AvgIpc) is 2.40. The smallest absolute Gasteiger partial charge is 0.269 e. The number of phenolic OH excluding ortho intramolecular Hbond substituents is 1. The topological polar surface area (TPSA) is 88.1 Å². The lowest BCUT2D eigenvalue weighted by Crippen LogP contribution is -1.85. The molecule has 1 N–H and O–H groups in total. The van der Waals surface area contributed by atoms with Crippen molar-refractivity contribution in [2.75, 3.05) is 0 Å². The molecule has 0 saturated heterocycles. The molecular weight excluding hydrogens is 246 g/mol. The molecule has 95 valence electrons. The van der Waals surface area contributed by atoms with E-state index in [-0.39, 0.29) is 11.4 Å². The van der Waals surface area contributed by atoms with Gasteiger partial charge in [-0.05, 0) is 42.8 Å². The van der Waals surface area contributed by atoms with Gasteiger partial charge < -0.3 is 5.11 Å². The van der Waals surface area contributed by atoms with Crippen LogP contribution in [0.3, 0.4) is 0 Å². The van der Waals surface area contributed by atoms with Crippen LogP contribution in [0.25, 0.3) is 0 Å². The first-order valence-corrected chi connectivity index (χ1v) is 5.37. The summed E-state index contributed by atoms with van der Waals surface area (Å²) in [6.45, 7) is 3.64. The van der Waals surface area contributed by atoms with Crippen LogP contribution in [0, 0.1) is 17.0 Å². The van der Waals surface area contributed by atoms with Gasteiger partial charge in [-0.1, -0.05) is 0 Å². The van der Waals surface area contributed by atoms with Crippen molar-refractivity contribution in [2.45, 2.75) is 0 Å². The highest BCUT2D eigenvalue weighted by Gasteiger charge is 2.03. The summed E-state index contributed by atoms with van der Waals surface area (Å²) in [5.41, 5.74) is 1.51. The second-order valence-electron chi connectivity index (χ2n) is 3.79. The van der Waals surface area contributed by atoms with Crippen LogP contribution in [0.15, 0.2) is 52.7 Å². The highest BCUT2D eigenvalue weighted by Crippen LogP contribution is 2.25. The summed E-state index contributed by atoms with van der Waals surface area (Å²) in [6, 6.07) is 10.4. The zero-order valence-electron chi connectivity index (χ0n) is 9.85. The second-order valence-corrected chi connectivity index (χ2v) is 3.79. The molecule has 0 spiro atoms. The largest absolute Gasteiger partial charge is 0.508 e. The maximum atomic E-state index is 10.5. The Labute approximate surface area is 109 Å². The van der Waals surface area contributed by atoms with E-state index in [0.717, 1.165) is 0 Å². The standard InChI is InChI=1S/C13H10N3O3/c1-9-8-11(4-7-13(9)17)15-14-10-2-5-12(6-3-10)16(18)19/h2-8,17H,1H2. The first-order valence-electron chi connectivity index (χ1n) is 5.37. The van der Waals surface area contributed by atoms with Gasteiger partial charge in [-0.15, -0.1) is 0 Å². The van der Waals surface area contributed by atoms with E-state index in [1.165, 1.54) is 30.3 Å². The molecule has 2 rings (SSSR count). The van der Waals surface area contributed by atoms with E-state index in [0.29, 0.717) is 16.9 Å². The van der Waals surface area contributed by atoms with Crippen molar-refractivity contribution in [3.05, 3.63) is 65.1 Å². The normalized spacial score (nSPS) is 10.8. The maximum absolute atomic E-state index is 10.5. The zero-order valence-corrected chi connectivity index (χ0v) is 9.85. The van der Waals surface area contributed by atoms with Crippen LogP contribution >= 0.6 is 0 Å². The van der Waals surface area contributed by atoms with Crippen molar-refractivity contribution < 1.29 is 10.0 Å². The highest BCUT2D eigenvalue weighted by molar-refractivity contribution is 5.49. The van der Waals surface area contributed by atoms with E-state index in [4.69, 9.17) is 0 Å². The lowest BCUT2D eigenvalue weighted by atomic mass is 10.2. The van der Waals surface area contributed by atoms with Crippen molar-refractivity contribution in [3.63, 3.8) is 0 Å². The van der Waals surface area contributed by atoms with Gasteiger partial charge in [0.1, 0.15) is 5.75 Å². The molecule has 0 aromatic heterocycles. The van der Waals surface area contributed by atoms with Crippen molar-refractivity contribution in [3.8, 4) is 5.75 Å². The quantitative estimate of drug-likeness (QED) is 0.513. The number of non-ortho nitro benzene ring substituents is 1. The summed E-state index contributed by atoms with van der Waals surface area (Å²) in [7, 11) is 0. The molecule has 0 fully saturated rings. The first kappa shape index (κ1) is 12.7. The van der Waals surface area contributed by atoms with Crippen LogP contribution in [0.4, 0.5) is 17.1 Å². The average molecular weight is 256 g/mol. The van der Waals surface area contributed by atoms with Crippen LogP contribution < -0.4 is 0 Å². The van der Waals surface area contributed by atoms with Gasteiger partial charge in [0, 0.05) is 12.1 Å². The van der Waals surface area contributed by atoms with E-state index in [1.807, 2.05) is 0 Å². The van der Waals surface area contributed by atoms with E-state index in [2.05, 4.69) is 17.2 Å². The molecule has 2 aromatic rings. The van der Waals surface area contributed by atoms with E-state index >= 15 is 0 Å². The third-order valence-corrected chi connectivity index (χ3v) is 2.40. The van der Waals surface area contributed by atoms with Crippen molar-refractivity contribution in [1.82, 2.24) is 0 Å². The number of nitro benzene ring substituents is 1. The molecule has 0 bridgehead atoms. The Morgan fingerprint density at radius 3 is 2.21 bits per heavy atom. The number of nitrogens with zero attached hydrogens (tertiary/aromatic N) is 3. The Morgan fingerprint density at radius 2 is 1.63 bits per heavy atom. The summed E-state index contributed by atoms with van der Waals surface area (Å²) in [4.78, 5) is 10.0. The van der Waals surface area contributed by atoms with E-state index in [9.17, 15) is 15.2 Å². The minimum atomic E-state index is -0.476. The number of benzene rings is 2. The molecule has 2 aromatic carbocycles.